The van der Waals surface area contributed by atoms with E-state index in [0.717, 1.165) is 11.8 Å². The van der Waals surface area contributed by atoms with E-state index in [0.29, 0.717) is 5.41 Å². The van der Waals surface area contributed by atoms with Crippen LogP contribution in [0.1, 0.15) is 81.1 Å². The molecule has 0 aliphatic rings. The first-order chi connectivity index (χ1) is 6.97. The van der Waals surface area contributed by atoms with E-state index in [1.807, 2.05) is 13.8 Å². The van der Waals surface area contributed by atoms with E-state index >= 15 is 0 Å². The lowest BCUT2D eigenvalue weighted by Gasteiger charge is -2.36. The minimum Gasteiger partial charge on any atom is -0.0683 e. The lowest BCUT2D eigenvalue weighted by molar-refractivity contribution is 0.137. The minimum atomic E-state index is 0.493. The molecule has 0 bridgehead atoms. The highest BCUT2D eigenvalue weighted by molar-refractivity contribution is 4.79. The second-order valence-electron chi connectivity index (χ2n) is 5.34. The van der Waals surface area contributed by atoms with Crippen LogP contribution in [0, 0.1) is 17.3 Å². The molecule has 0 amide bonds. The van der Waals surface area contributed by atoms with Gasteiger partial charge in [-0.15, -0.1) is 0 Å². The Labute approximate surface area is 98.9 Å². The zero-order chi connectivity index (χ0) is 12.5. The second kappa shape index (κ2) is 9.24. The van der Waals surface area contributed by atoms with Crippen molar-refractivity contribution in [2.24, 2.45) is 17.3 Å². The Hall–Kier alpha value is 0. The van der Waals surface area contributed by atoms with E-state index in [1.54, 1.807) is 0 Å². The molecule has 15 heavy (non-hydrogen) atoms. The molecule has 0 radical (unpaired) electrons. The quantitative estimate of drug-likeness (QED) is 0.533. The molecule has 1 atom stereocenters. The molecule has 94 valence electrons. The monoisotopic (exact) mass is 214 g/mol. The van der Waals surface area contributed by atoms with Crippen molar-refractivity contribution in [3.8, 4) is 0 Å². The van der Waals surface area contributed by atoms with E-state index in [9.17, 15) is 0 Å². The van der Waals surface area contributed by atoms with Crippen LogP contribution in [0.25, 0.3) is 0 Å². The van der Waals surface area contributed by atoms with Gasteiger partial charge >= 0.3 is 0 Å². The predicted octanol–water partition coefficient (Wildman–Crippen LogP) is 5.91. The fourth-order valence-electron chi connectivity index (χ4n) is 2.54. The van der Waals surface area contributed by atoms with Gasteiger partial charge in [0, 0.05) is 0 Å². The van der Waals surface area contributed by atoms with Gasteiger partial charge in [0.05, 0.1) is 0 Å². The Morgan fingerprint density at radius 3 is 1.47 bits per heavy atom. The van der Waals surface area contributed by atoms with Crippen LogP contribution in [0.15, 0.2) is 0 Å². The Balaban J connectivity index is 0. The second-order valence-corrected chi connectivity index (χ2v) is 5.34. The molecular weight excluding hydrogens is 180 g/mol. The predicted molar refractivity (Wildman–Crippen MR) is 73.3 cm³/mol. The number of hydrogen-bond acceptors (Lipinski definition) is 0. The maximum absolute atomic E-state index is 2.39. The Kier molecular flexibility index (Phi) is 10.7. The molecule has 0 saturated carbocycles. The van der Waals surface area contributed by atoms with E-state index in [2.05, 4.69) is 41.5 Å². The standard InChI is InChI=1S/C13H28.C2H6/c1-7-10-12(13(4,5)6)11(8-2)9-3;1-2/h11-12H,7-10H2,1-6H3;1-2H3. The van der Waals surface area contributed by atoms with Crippen LogP contribution in [-0.2, 0) is 0 Å². The molecule has 0 nitrogen and oxygen atoms in total. The molecule has 0 saturated heterocycles. The summed E-state index contributed by atoms with van der Waals surface area (Å²) in [7, 11) is 0. The van der Waals surface area contributed by atoms with Crippen LogP contribution < -0.4 is 0 Å². The van der Waals surface area contributed by atoms with Crippen molar-refractivity contribution in [2.75, 3.05) is 0 Å². The molecule has 0 aliphatic heterocycles. The third kappa shape index (κ3) is 6.98. The van der Waals surface area contributed by atoms with Crippen molar-refractivity contribution in [3.05, 3.63) is 0 Å². The molecule has 0 aromatic carbocycles. The summed E-state index contributed by atoms with van der Waals surface area (Å²) in [5.41, 5.74) is 0.493. The van der Waals surface area contributed by atoms with Crippen molar-refractivity contribution in [3.63, 3.8) is 0 Å². The van der Waals surface area contributed by atoms with Crippen LogP contribution in [0.4, 0.5) is 0 Å². The van der Waals surface area contributed by atoms with E-state index in [-0.39, 0.29) is 0 Å². The average Bonchev–Trinajstić information content (AvgIpc) is 2.20. The summed E-state index contributed by atoms with van der Waals surface area (Å²) in [6.45, 7) is 18.2. The summed E-state index contributed by atoms with van der Waals surface area (Å²) in [4.78, 5) is 0. The number of hydrogen-bond donors (Lipinski definition) is 0. The van der Waals surface area contributed by atoms with Gasteiger partial charge in [0.25, 0.3) is 0 Å². The molecule has 0 fully saturated rings. The van der Waals surface area contributed by atoms with E-state index in [1.165, 1.54) is 25.7 Å². The van der Waals surface area contributed by atoms with Gasteiger partial charge in [-0.1, -0.05) is 74.7 Å². The van der Waals surface area contributed by atoms with Gasteiger partial charge in [-0.25, -0.2) is 0 Å². The van der Waals surface area contributed by atoms with Crippen LogP contribution in [0.2, 0.25) is 0 Å². The Morgan fingerprint density at radius 1 is 0.867 bits per heavy atom. The summed E-state index contributed by atoms with van der Waals surface area (Å²) in [6, 6.07) is 0. The minimum absolute atomic E-state index is 0.493. The van der Waals surface area contributed by atoms with Crippen molar-refractivity contribution in [2.45, 2.75) is 81.1 Å². The summed E-state index contributed by atoms with van der Waals surface area (Å²) >= 11 is 0. The van der Waals surface area contributed by atoms with Crippen LogP contribution in [0.3, 0.4) is 0 Å². The average molecular weight is 214 g/mol. The summed E-state index contributed by atoms with van der Waals surface area (Å²) in [5, 5.41) is 0. The van der Waals surface area contributed by atoms with Crippen molar-refractivity contribution >= 4 is 0 Å². The summed E-state index contributed by atoms with van der Waals surface area (Å²) in [6.07, 6.45) is 5.42. The fourth-order valence-corrected chi connectivity index (χ4v) is 2.54. The first-order valence-electron chi connectivity index (χ1n) is 6.97. The molecule has 0 heteroatoms. The molecule has 0 N–H and O–H groups in total. The molecule has 1 unspecified atom stereocenters. The lowest BCUT2D eigenvalue weighted by atomic mass is 9.69. The molecule has 0 aromatic rings. The largest absolute Gasteiger partial charge is 0.0683 e. The fraction of sp³-hybridized carbons (Fsp3) is 1.00. The molecule has 0 rings (SSSR count). The summed E-state index contributed by atoms with van der Waals surface area (Å²) < 4.78 is 0. The van der Waals surface area contributed by atoms with Crippen LogP contribution in [-0.4, -0.2) is 0 Å². The third-order valence-electron chi connectivity index (χ3n) is 3.33. The number of rotatable bonds is 5. The topological polar surface area (TPSA) is 0 Å². The lowest BCUT2D eigenvalue weighted by Crippen LogP contribution is -2.27. The highest BCUT2D eigenvalue weighted by Crippen LogP contribution is 2.38. The molecule has 0 aliphatic carbocycles. The van der Waals surface area contributed by atoms with Crippen molar-refractivity contribution in [1.29, 1.82) is 0 Å². The zero-order valence-corrected chi connectivity index (χ0v) is 12.5. The van der Waals surface area contributed by atoms with Gasteiger partial charge < -0.3 is 0 Å². The van der Waals surface area contributed by atoms with Gasteiger partial charge in [0.2, 0.25) is 0 Å². The molecule has 0 heterocycles. The van der Waals surface area contributed by atoms with Gasteiger partial charge in [-0.05, 0) is 23.7 Å². The zero-order valence-electron chi connectivity index (χ0n) is 12.5. The van der Waals surface area contributed by atoms with Crippen LogP contribution >= 0.6 is 0 Å². The Bertz CT molecular complexity index is 114. The van der Waals surface area contributed by atoms with Crippen LogP contribution in [0.5, 0.6) is 0 Å². The highest BCUT2D eigenvalue weighted by atomic mass is 14.3. The normalized spacial score (nSPS) is 13.4. The highest BCUT2D eigenvalue weighted by Gasteiger charge is 2.29. The SMILES string of the molecule is CC.CCCC(C(CC)CC)C(C)(C)C. The summed E-state index contributed by atoms with van der Waals surface area (Å²) in [5.74, 6) is 1.84. The van der Waals surface area contributed by atoms with Crippen molar-refractivity contribution in [1.82, 2.24) is 0 Å². The third-order valence-corrected chi connectivity index (χ3v) is 3.33. The van der Waals surface area contributed by atoms with Gasteiger partial charge in [0.15, 0.2) is 0 Å². The maximum Gasteiger partial charge on any atom is -0.0337 e. The van der Waals surface area contributed by atoms with Crippen molar-refractivity contribution < 1.29 is 0 Å². The van der Waals surface area contributed by atoms with Gasteiger partial charge in [-0.3, -0.25) is 0 Å². The Morgan fingerprint density at radius 2 is 1.27 bits per heavy atom. The van der Waals surface area contributed by atoms with Gasteiger partial charge in [-0.2, -0.15) is 0 Å². The first kappa shape index (κ1) is 17.4. The molecule has 0 aromatic heterocycles. The van der Waals surface area contributed by atoms with E-state index in [4.69, 9.17) is 0 Å². The molecule has 0 spiro atoms. The van der Waals surface area contributed by atoms with Gasteiger partial charge in [0.1, 0.15) is 0 Å². The van der Waals surface area contributed by atoms with E-state index < -0.39 is 0 Å². The smallest absolute Gasteiger partial charge is 0.0337 e. The maximum atomic E-state index is 2.39. The first-order valence-corrected chi connectivity index (χ1v) is 6.97. The molecular formula is C15H34.